The maximum Gasteiger partial charge on any atom is 0.410 e. The van der Waals surface area contributed by atoms with Crippen molar-refractivity contribution in [3.63, 3.8) is 0 Å². The lowest BCUT2D eigenvalue weighted by molar-refractivity contribution is -0.0439. The third kappa shape index (κ3) is 5.90. The Balaban J connectivity index is 1.47. The van der Waals surface area contributed by atoms with Crippen molar-refractivity contribution in [2.45, 2.75) is 71.4 Å². The molecule has 2 aliphatic heterocycles. The van der Waals surface area contributed by atoms with Gasteiger partial charge in [0.15, 0.2) is 11.5 Å². The number of amides is 2. The van der Waals surface area contributed by atoms with Crippen LogP contribution in [0.15, 0.2) is 42.6 Å². The standard InChI is InChI=1S/C30H36N4O6/c1-29(2,3)40-28(36)34-13-9-10-21(34)18-33(17-20-16-31-22-11-7-8-12-23(22)32-20)27(35)19-14-24(37-6)26-25(15-19)38-30(4,5)39-26/h7-8,11-12,14-16,21H,9-10,13,17-18H2,1-6H3/t21-/m0/s1. The summed E-state index contributed by atoms with van der Waals surface area (Å²) < 4.78 is 23.0. The zero-order valence-corrected chi connectivity index (χ0v) is 23.9. The molecule has 1 fully saturated rings. The highest BCUT2D eigenvalue weighted by Crippen LogP contribution is 2.47. The molecule has 2 aromatic carbocycles. The highest BCUT2D eigenvalue weighted by Gasteiger charge is 2.37. The second-order valence-corrected chi connectivity index (χ2v) is 11.6. The molecule has 0 N–H and O–H groups in total. The smallest absolute Gasteiger partial charge is 0.410 e. The fourth-order valence-electron chi connectivity index (χ4n) is 5.07. The number of hydrogen-bond donors (Lipinski definition) is 0. The predicted octanol–water partition coefficient (Wildman–Crippen LogP) is 5.19. The fourth-order valence-corrected chi connectivity index (χ4v) is 5.07. The van der Waals surface area contributed by atoms with Crippen molar-refractivity contribution >= 4 is 23.0 Å². The van der Waals surface area contributed by atoms with Crippen molar-refractivity contribution in [1.29, 1.82) is 0 Å². The van der Waals surface area contributed by atoms with E-state index in [0.29, 0.717) is 41.6 Å². The minimum Gasteiger partial charge on any atom is -0.493 e. The van der Waals surface area contributed by atoms with E-state index in [1.165, 1.54) is 7.11 Å². The van der Waals surface area contributed by atoms with Gasteiger partial charge in [-0.25, -0.2) is 9.78 Å². The molecule has 2 amide bonds. The van der Waals surface area contributed by atoms with E-state index in [1.807, 2.05) is 45.0 Å². The Hall–Kier alpha value is -4.08. The quantitative estimate of drug-likeness (QED) is 0.415. The monoisotopic (exact) mass is 548 g/mol. The molecule has 1 atom stereocenters. The average molecular weight is 549 g/mol. The molecular weight excluding hydrogens is 512 g/mol. The number of likely N-dealkylation sites (tertiary alicyclic amines) is 1. The van der Waals surface area contributed by atoms with Crippen LogP contribution < -0.4 is 14.2 Å². The lowest BCUT2D eigenvalue weighted by Gasteiger charge is -2.32. The Kier molecular flexibility index (Phi) is 7.20. The van der Waals surface area contributed by atoms with Gasteiger partial charge in [0, 0.05) is 32.5 Å². The molecule has 10 heteroatoms. The minimum absolute atomic E-state index is 0.206. The Morgan fingerprint density at radius 3 is 2.62 bits per heavy atom. The van der Waals surface area contributed by atoms with Crippen LogP contribution in [0.1, 0.15) is 63.5 Å². The third-order valence-electron chi connectivity index (χ3n) is 6.77. The lowest BCUT2D eigenvalue weighted by Crippen LogP contribution is -2.46. The highest BCUT2D eigenvalue weighted by atomic mass is 16.7. The summed E-state index contributed by atoms with van der Waals surface area (Å²) in [6.45, 7) is 10.2. The Bertz CT molecular complexity index is 1430. The number of rotatable bonds is 6. The van der Waals surface area contributed by atoms with Gasteiger partial charge in [0.1, 0.15) is 5.60 Å². The molecule has 1 saturated heterocycles. The number of ether oxygens (including phenoxy) is 4. The van der Waals surface area contributed by atoms with Crippen LogP contribution in [0.5, 0.6) is 17.2 Å². The van der Waals surface area contributed by atoms with E-state index in [0.717, 1.165) is 23.9 Å². The molecule has 212 valence electrons. The van der Waals surface area contributed by atoms with Crippen molar-refractivity contribution in [2.24, 2.45) is 0 Å². The van der Waals surface area contributed by atoms with Crippen molar-refractivity contribution < 1.29 is 28.5 Å². The maximum absolute atomic E-state index is 14.1. The van der Waals surface area contributed by atoms with E-state index >= 15 is 0 Å². The third-order valence-corrected chi connectivity index (χ3v) is 6.77. The van der Waals surface area contributed by atoms with Gasteiger partial charge in [-0.3, -0.25) is 9.78 Å². The van der Waals surface area contributed by atoms with Crippen LogP contribution in [0.3, 0.4) is 0 Å². The number of fused-ring (bicyclic) bond motifs is 2. The molecular formula is C30H36N4O6. The van der Waals surface area contributed by atoms with E-state index in [9.17, 15) is 9.59 Å². The Morgan fingerprint density at radius 1 is 1.15 bits per heavy atom. The van der Waals surface area contributed by atoms with Gasteiger partial charge in [0.25, 0.3) is 5.91 Å². The zero-order chi connectivity index (χ0) is 28.7. The summed E-state index contributed by atoms with van der Waals surface area (Å²) in [7, 11) is 1.53. The van der Waals surface area contributed by atoms with Crippen LogP contribution in [-0.2, 0) is 11.3 Å². The molecule has 1 aromatic heterocycles. The molecule has 3 aromatic rings. The molecule has 0 spiro atoms. The van der Waals surface area contributed by atoms with E-state index in [2.05, 4.69) is 4.98 Å². The zero-order valence-electron chi connectivity index (χ0n) is 23.9. The SMILES string of the molecule is COc1cc(C(=O)N(Cc2cnc3ccccc3n2)C[C@@H]2CCCN2C(=O)OC(C)(C)C)cc2c1OC(C)(C)O2. The first-order chi connectivity index (χ1) is 18.9. The number of nitrogens with zero attached hydrogens (tertiary/aromatic N) is 4. The summed E-state index contributed by atoms with van der Waals surface area (Å²) in [5.74, 6) is 0.181. The number of carbonyl (C=O) groups excluding carboxylic acids is 2. The van der Waals surface area contributed by atoms with Crippen molar-refractivity contribution in [1.82, 2.24) is 19.8 Å². The molecule has 0 radical (unpaired) electrons. The van der Waals surface area contributed by atoms with Gasteiger partial charge >= 0.3 is 6.09 Å². The van der Waals surface area contributed by atoms with Crippen LogP contribution in [0.2, 0.25) is 0 Å². The van der Waals surface area contributed by atoms with Crippen LogP contribution in [0.25, 0.3) is 11.0 Å². The fraction of sp³-hybridized carbons (Fsp3) is 0.467. The van der Waals surface area contributed by atoms with Gasteiger partial charge in [0.2, 0.25) is 11.5 Å². The van der Waals surface area contributed by atoms with Crippen LogP contribution >= 0.6 is 0 Å². The summed E-state index contributed by atoms with van der Waals surface area (Å²) in [5, 5.41) is 0. The van der Waals surface area contributed by atoms with Crippen LogP contribution in [0.4, 0.5) is 4.79 Å². The van der Waals surface area contributed by atoms with Crippen LogP contribution in [0, 0.1) is 0 Å². The Labute approximate surface area is 234 Å². The summed E-state index contributed by atoms with van der Waals surface area (Å²) in [5.41, 5.74) is 1.93. The average Bonchev–Trinajstić information content (AvgIpc) is 3.48. The maximum atomic E-state index is 14.1. The summed E-state index contributed by atoms with van der Waals surface area (Å²) in [4.78, 5) is 39.8. The Morgan fingerprint density at radius 2 is 1.90 bits per heavy atom. The molecule has 0 bridgehead atoms. The number of benzene rings is 2. The van der Waals surface area contributed by atoms with E-state index in [-0.39, 0.29) is 24.6 Å². The normalized spacial score (nSPS) is 17.6. The summed E-state index contributed by atoms with van der Waals surface area (Å²) >= 11 is 0. The molecule has 0 aliphatic carbocycles. The largest absolute Gasteiger partial charge is 0.493 e. The number of para-hydroxylation sites is 2. The molecule has 10 nitrogen and oxygen atoms in total. The first-order valence-corrected chi connectivity index (χ1v) is 13.5. The lowest BCUT2D eigenvalue weighted by atomic mass is 10.1. The van der Waals surface area contributed by atoms with E-state index in [1.54, 1.807) is 42.0 Å². The topological polar surface area (TPSA) is 103 Å². The molecule has 2 aliphatic rings. The predicted molar refractivity (Wildman–Crippen MR) is 149 cm³/mol. The van der Waals surface area contributed by atoms with Crippen molar-refractivity contribution in [2.75, 3.05) is 20.2 Å². The number of aromatic nitrogens is 2. The molecule has 0 saturated carbocycles. The number of hydrogen-bond acceptors (Lipinski definition) is 8. The molecule has 40 heavy (non-hydrogen) atoms. The molecule has 3 heterocycles. The second-order valence-electron chi connectivity index (χ2n) is 11.6. The van der Waals surface area contributed by atoms with Gasteiger partial charge in [-0.1, -0.05) is 12.1 Å². The summed E-state index contributed by atoms with van der Waals surface area (Å²) in [6, 6.07) is 10.7. The van der Waals surface area contributed by atoms with E-state index in [4.69, 9.17) is 23.9 Å². The van der Waals surface area contributed by atoms with Crippen molar-refractivity contribution in [3.05, 3.63) is 53.9 Å². The second kappa shape index (κ2) is 10.5. The van der Waals surface area contributed by atoms with E-state index < -0.39 is 11.4 Å². The first kappa shape index (κ1) is 27.5. The minimum atomic E-state index is -0.880. The molecule has 0 unspecified atom stereocenters. The van der Waals surface area contributed by atoms with Gasteiger partial charge in [-0.15, -0.1) is 0 Å². The first-order valence-electron chi connectivity index (χ1n) is 13.5. The van der Waals surface area contributed by atoms with Gasteiger partial charge in [-0.05, 0) is 57.9 Å². The summed E-state index contributed by atoms with van der Waals surface area (Å²) in [6.07, 6.45) is 2.89. The van der Waals surface area contributed by atoms with Gasteiger partial charge in [0.05, 0.1) is 42.6 Å². The number of carbonyl (C=O) groups is 2. The van der Waals surface area contributed by atoms with Gasteiger partial charge in [-0.2, -0.15) is 0 Å². The van der Waals surface area contributed by atoms with Crippen molar-refractivity contribution in [3.8, 4) is 17.2 Å². The van der Waals surface area contributed by atoms with Gasteiger partial charge < -0.3 is 28.7 Å². The highest BCUT2D eigenvalue weighted by molar-refractivity contribution is 5.96. The number of methoxy groups -OCH3 is 1. The molecule has 5 rings (SSSR count). The van der Waals surface area contributed by atoms with Crippen LogP contribution in [-0.4, -0.2) is 69.4 Å².